The molecule has 2 atom stereocenters. The number of halogens is 1. The summed E-state index contributed by atoms with van der Waals surface area (Å²) in [6.45, 7) is 1.21. The Morgan fingerprint density at radius 2 is 1.96 bits per heavy atom. The van der Waals surface area contributed by atoms with Crippen LogP contribution in [0.3, 0.4) is 0 Å². The standard InChI is InChI=1S/C19H24FN3O2/c1-24-17-7-14-16(8-18(17)25-2)23-15-5-3-4-13(15)19(14)22-12-6-11(20)9-21-10-12/h7-8,11-12,21H,3-6,9-10H2,1-2H3,(H,22,23)/t11-,12-/m1/s1. The minimum atomic E-state index is -0.804. The largest absolute Gasteiger partial charge is 0.493 e. The summed E-state index contributed by atoms with van der Waals surface area (Å²) in [6, 6.07) is 3.98. The maximum atomic E-state index is 13.8. The van der Waals surface area contributed by atoms with Crippen LogP contribution in [0.5, 0.6) is 11.5 Å². The van der Waals surface area contributed by atoms with E-state index in [4.69, 9.17) is 14.5 Å². The first-order valence-corrected chi connectivity index (χ1v) is 8.88. The third-order valence-electron chi connectivity index (χ3n) is 5.16. The zero-order valence-corrected chi connectivity index (χ0v) is 14.7. The first-order valence-electron chi connectivity index (χ1n) is 8.88. The van der Waals surface area contributed by atoms with Gasteiger partial charge in [-0.1, -0.05) is 0 Å². The van der Waals surface area contributed by atoms with Gasteiger partial charge in [-0.05, 0) is 30.9 Å². The van der Waals surface area contributed by atoms with E-state index < -0.39 is 6.17 Å². The number of pyridine rings is 1. The molecule has 1 aliphatic heterocycles. The molecular formula is C19H24FN3O2. The van der Waals surface area contributed by atoms with Gasteiger partial charge in [0.1, 0.15) is 6.17 Å². The molecule has 0 saturated carbocycles. The number of anilines is 1. The highest BCUT2D eigenvalue weighted by Gasteiger charge is 2.26. The molecule has 0 bridgehead atoms. The van der Waals surface area contributed by atoms with Crippen LogP contribution < -0.4 is 20.1 Å². The summed E-state index contributed by atoms with van der Waals surface area (Å²) in [5.74, 6) is 1.36. The highest BCUT2D eigenvalue weighted by Crippen LogP contribution is 2.40. The molecule has 4 rings (SSSR count). The van der Waals surface area contributed by atoms with Gasteiger partial charge in [0.15, 0.2) is 11.5 Å². The number of benzene rings is 1. The highest BCUT2D eigenvalue weighted by atomic mass is 19.1. The average Bonchev–Trinajstić information content (AvgIpc) is 3.08. The summed E-state index contributed by atoms with van der Waals surface area (Å²) in [4.78, 5) is 4.84. The van der Waals surface area contributed by atoms with Crippen LogP contribution in [0, 0.1) is 0 Å². The fourth-order valence-corrected chi connectivity index (χ4v) is 3.96. The summed E-state index contributed by atoms with van der Waals surface area (Å²) in [6.07, 6.45) is 2.83. The van der Waals surface area contributed by atoms with E-state index in [0.717, 1.165) is 48.1 Å². The van der Waals surface area contributed by atoms with Crippen LogP contribution in [-0.2, 0) is 12.8 Å². The third kappa shape index (κ3) is 2.99. The van der Waals surface area contributed by atoms with Crippen molar-refractivity contribution in [1.82, 2.24) is 10.3 Å². The molecule has 2 aliphatic rings. The van der Waals surface area contributed by atoms with Crippen LogP contribution in [0.25, 0.3) is 10.9 Å². The van der Waals surface area contributed by atoms with Gasteiger partial charge < -0.3 is 20.1 Å². The van der Waals surface area contributed by atoms with Gasteiger partial charge in [0.05, 0.1) is 19.7 Å². The van der Waals surface area contributed by atoms with Gasteiger partial charge in [-0.2, -0.15) is 0 Å². The van der Waals surface area contributed by atoms with Gasteiger partial charge >= 0.3 is 0 Å². The third-order valence-corrected chi connectivity index (χ3v) is 5.16. The molecule has 0 amide bonds. The van der Waals surface area contributed by atoms with Gasteiger partial charge in [0, 0.05) is 48.4 Å². The van der Waals surface area contributed by atoms with E-state index in [1.807, 2.05) is 12.1 Å². The van der Waals surface area contributed by atoms with Crippen molar-refractivity contribution in [2.75, 3.05) is 32.6 Å². The Labute approximate surface area is 146 Å². The lowest BCUT2D eigenvalue weighted by molar-refractivity contribution is 0.255. The van der Waals surface area contributed by atoms with Crippen molar-refractivity contribution in [3.05, 3.63) is 23.4 Å². The Morgan fingerprint density at radius 3 is 2.72 bits per heavy atom. The van der Waals surface area contributed by atoms with Gasteiger partial charge in [-0.3, -0.25) is 4.98 Å². The number of nitrogens with zero attached hydrogens (tertiary/aromatic N) is 1. The van der Waals surface area contributed by atoms with E-state index in [0.29, 0.717) is 24.5 Å². The molecule has 6 heteroatoms. The molecule has 2 N–H and O–H groups in total. The highest BCUT2D eigenvalue weighted by molar-refractivity contribution is 5.96. The monoisotopic (exact) mass is 345 g/mol. The summed E-state index contributed by atoms with van der Waals surface area (Å²) in [5, 5.41) is 7.78. The quantitative estimate of drug-likeness (QED) is 0.892. The molecular weight excluding hydrogens is 321 g/mol. The van der Waals surface area contributed by atoms with Crippen LogP contribution >= 0.6 is 0 Å². The second-order valence-corrected chi connectivity index (χ2v) is 6.82. The first-order chi connectivity index (χ1) is 12.2. The first kappa shape index (κ1) is 16.4. The fourth-order valence-electron chi connectivity index (χ4n) is 3.96. The van der Waals surface area contributed by atoms with Crippen LogP contribution in [0.4, 0.5) is 10.1 Å². The lowest BCUT2D eigenvalue weighted by Crippen LogP contribution is -2.44. The molecule has 134 valence electrons. The number of fused-ring (bicyclic) bond motifs is 2. The summed E-state index contributed by atoms with van der Waals surface area (Å²) in [7, 11) is 3.27. The Morgan fingerprint density at radius 1 is 1.16 bits per heavy atom. The predicted molar refractivity (Wildman–Crippen MR) is 96.7 cm³/mol. The number of nitrogens with one attached hydrogen (secondary N) is 2. The van der Waals surface area contributed by atoms with E-state index in [9.17, 15) is 4.39 Å². The van der Waals surface area contributed by atoms with Gasteiger partial charge in [0.25, 0.3) is 0 Å². The molecule has 1 aromatic carbocycles. The van der Waals surface area contributed by atoms with Crippen LogP contribution in [0.2, 0.25) is 0 Å². The van der Waals surface area contributed by atoms with E-state index in [2.05, 4.69) is 10.6 Å². The maximum absolute atomic E-state index is 13.8. The topological polar surface area (TPSA) is 55.4 Å². The molecule has 25 heavy (non-hydrogen) atoms. The molecule has 2 aromatic rings. The van der Waals surface area contributed by atoms with Crippen LogP contribution in [-0.4, -0.2) is 44.5 Å². The summed E-state index contributed by atoms with van der Waals surface area (Å²) >= 11 is 0. The van der Waals surface area contributed by atoms with Crippen molar-refractivity contribution in [3.63, 3.8) is 0 Å². The Bertz CT molecular complexity index is 796. The molecule has 2 heterocycles. The maximum Gasteiger partial charge on any atom is 0.162 e. The molecule has 1 aliphatic carbocycles. The van der Waals surface area contributed by atoms with Crippen molar-refractivity contribution < 1.29 is 13.9 Å². The Balaban J connectivity index is 1.82. The van der Waals surface area contributed by atoms with Crippen molar-refractivity contribution in [1.29, 1.82) is 0 Å². The molecule has 0 radical (unpaired) electrons. The lowest BCUT2D eigenvalue weighted by Gasteiger charge is -2.29. The van der Waals surface area contributed by atoms with E-state index in [-0.39, 0.29) is 6.04 Å². The molecule has 1 aromatic heterocycles. The van der Waals surface area contributed by atoms with Crippen molar-refractivity contribution in [2.45, 2.75) is 37.9 Å². The van der Waals surface area contributed by atoms with Crippen molar-refractivity contribution in [3.8, 4) is 11.5 Å². The Kier molecular flexibility index (Phi) is 4.37. The van der Waals surface area contributed by atoms with Crippen molar-refractivity contribution >= 4 is 16.6 Å². The van der Waals surface area contributed by atoms with Gasteiger partial charge in [-0.25, -0.2) is 4.39 Å². The molecule has 0 unspecified atom stereocenters. The number of methoxy groups -OCH3 is 2. The molecule has 5 nitrogen and oxygen atoms in total. The smallest absolute Gasteiger partial charge is 0.162 e. The normalized spacial score (nSPS) is 22.7. The number of aryl methyl sites for hydroxylation is 1. The number of rotatable bonds is 4. The zero-order valence-electron chi connectivity index (χ0n) is 14.7. The number of hydrogen-bond donors (Lipinski definition) is 2. The number of hydrogen-bond acceptors (Lipinski definition) is 5. The van der Waals surface area contributed by atoms with Gasteiger partial charge in [-0.15, -0.1) is 0 Å². The zero-order chi connectivity index (χ0) is 17.4. The summed E-state index contributed by atoms with van der Waals surface area (Å²) < 4.78 is 24.7. The second-order valence-electron chi connectivity index (χ2n) is 6.82. The molecule has 0 spiro atoms. The minimum absolute atomic E-state index is 0.0761. The number of piperidine rings is 1. The lowest BCUT2D eigenvalue weighted by atomic mass is 10.0. The van der Waals surface area contributed by atoms with Gasteiger partial charge in [0.2, 0.25) is 0 Å². The Hall–Kier alpha value is -2.08. The summed E-state index contributed by atoms with van der Waals surface area (Å²) in [5.41, 5.74) is 4.38. The van der Waals surface area contributed by atoms with E-state index in [1.165, 1.54) is 5.56 Å². The minimum Gasteiger partial charge on any atom is -0.493 e. The van der Waals surface area contributed by atoms with Crippen LogP contribution in [0.1, 0.15) is 24.1 Å². The second kappa shape index (κ2) is 6.67. The number of ether oxygens (including phenoxy) is 2. The fraction of sp³-hybridized carbons (Fsp3) is 0.526. The average molecular weight is 345 g/mol. The predicted octanol–water partition coefficient (Wildman–Crippen LogP) is 2.85. The van der Waals surface area contributed by atoms with Crippen molar-refractivity contribution in [2.24, 2.45) is 0 Å². The molecule has 1 fully saturated rings. The van der Waals surface area contributed by atoms with E-state index >= 15 is 0 Å². The SMILES string of the molecule is COc1cc2nc3c(c(N[C@H]4CNC[C@H](F)C4)c2cc1OC)CCC3. The molecule has 1 saturated heterocycles. The van der Waals surface area contributed by atoms with Crippen LogP contribution in [0.15, 0.2) is 12.1 Å². The number of alkyl halides is 1. The van der Waals surface area contributed by atoms with E-state index in [1.54, 1.807) is 14.2 Å². The number of aromatic nitrogens is 1.